The molecule has 21 heavy (non-hydrogen) atoms. The highest BCUT2D eigenvalue weighted by molar-refractivity contribution is 9.10. The van der Waals surface area contributed by atoms with Crippen molar-refractivity contribution >= 4 is 48.9 Å². The molecule has 0 saturated heterocycles. The third kappa shape index (κ3) is 3.34. The lowest BCUT2D eigenvalue weighted by atomic mass is 10.2. The molecule has 1 aromatic heterocycles. The summed E-state index contributed by atoms with van der Waals surface area (Å²) >= 11 is 3.64. The normalized spacial score (nSPS) is 11.3. The number of aromatic amines is 1. The van der Waals surface area contributed by atoms with Crippen molar-refractivity contribution < 1.29 is 18.3 Å². The fourth-order valence-corrected chi connectivity index (χ4v) is 4.37. The van der Waals surface area contributed by atoms with Gasteiger partial charge in [-0.3, -0.25) is 9.52 Å². The number of hydrogen-bond donors (Lipinski definition) is 3. The predicted molar refractivity (Wildman–Crippen MR) is 81.6 cm³/mol. The average molecular weight is 393 g/mol. The standard InChI is InChI=1S/C11H9BrN2O5S2/c1-5-10(20-11(17)13-5)21(18,19)14-6-2-3-8(12)7(4-6)9(15)16/h2-4,14H,1H3,(H,13,17)(H,15,16). The van der Waals surface area contributed by atoms with Gasteiger partial charge in [-0.2, -0.15) is 0 Å². The molecule has 0 aliphatic carbocycles. The molecule has 0 aliphatic heterocycles. The SMILES string of the molecule is Cc1[nH]c(=O)sc1S(=O)(=O)Nc1ccc(Br)c(C(=O)O)c1. The molecule has 0 fully saturated rings. The predicted octanol–water partition coefficient (Wildman–Crippen LogP) is 2.01. The van der Waals surface area contributed by atoms with Crippen molar-refractivity contribution in [2.75, 3.05) is 4.72 Å². The van der Waals surface area contributed by atoms with E-state index < -0.39 is 20.9 Å². The Bertz CT molecular complexity index is 869. The first kappa shape index (κ1) is 15.7. The Morgan fingerprint density at radius 1 is 1.43 bits per heavy atom. The van der Waals surface area contributed by atoms with E-state index in [1.807, 2.05) is 0 Å². The Morgan fingerprint density at radius 2 is 2.10 bits per heavy atom. The molecule has 0 radical (unpaired) electrons. The van der Waals surface area contributed by atoms with Crippen LogP contribution < -0.4 is 9.60 Å². The smallest absolute Gasteiger partial charge is 0.336 e. The van der Waals surface area contributed by atoms with Gasteiger partial charge in [-0.1, -0.05) is 11.3 Å². The van der Waals surface area contributed by atoms with Crippen LogP contribution in [0.5, 0.6) is 0 Å². The van der Waals surface area contributed by atoms with E-state index in [1.54, 1.807) is 0 Å². The van der Waals surface area contributed by atoms with E-state index >= 15 is 0 Å². The number of carboxylic acid groups (broad SMARTS) is 1. The Balaban J connectivity index is 2.42. The Labute approximate surface area is 131 Å². The number of thiazole rings is 1. The third-order valence-corrected chi connectivity index (χ3v) is 6.15. The van der Waals surface area contributed by atoms with Gasteiger partial charge in [-0.15, -0.1) is 0 Å². The zero-order valence-corrected chi connectivity index (χ0v) is 13.7. The maximum absolute atomic E-state index is 12.2. The molecule has 3 N–H and O–H groups in total. The summed E-state index contributed by atoms with van der Waals surface area (Å²) in [4.78, 5) is 24.1. The largest absolute Gasteiger partial charge is 0.478 e. The highest BCUT2D eigenvalue weighted by Crippen LogP contribution is 2.24. The van der Waals surface area contributed by atoms with E-state index in [0.29, 0.717) is 15.8 Å². The maximum Gasteiger partial charge on any atom is 0.336 e. The molecule has 2 aromatic rings. The van der Waals surface area contributed by atoms with E-state index in [-0.39, 0.29) is 21.2 Å². The first-order valence-electron chi connectivity index (χ1n) is 5.46. The number of carbonyl (C=O) groups is 1. The topological polar surface area (TPSA) is 116 Å². The molecule has 10 heteroatoms. The van der Waals surface area contributed by atoms with E-state index in [1.165, 1.54) is 25.1 Å². The van der Waals surface area contributed by atoms with Gasteiger partial charge in [0, 0.05) is 15.9 Å². The fraction of sp³-hybridized carbons (Fsp3) is 0.0909. The summed E-state index contributed by atoms with van der Waals surface area (Å²) in [5, 5.41) is 9.00. The Kier molecular flexibility index (Phi) is 4.21. The van der Waals surface area contributed by atoms with Crippen LogP contribution in [0.1, 0.15) is 16.1 Å². The summed E-state index contributed by atoms with van der Waals surface area (Å²) in [6.45, 7) is 1.47. The summed E-state index contributed by atoms with van der Waals surface area (Å²) in [5.41, 5.74) is 0.248. The zero-order valence-electron chi connectivity index (χ0n) is 10.5. The molecular weight excluding hydrogens is 384 g/mol. The molecule has 0 spiro atoms. The summed E-state index contributed by atoms with van der Waals surface area (Å²) in [5.74, 6) is -1.19. The van der Waals surface area contributed by atoms with Crippen molar-refractivity contribution in [3.05, 3.63) is 43.6 Å². The number of rotatable bonds is 4. The van der Waals surface area contributed by atoms with Gasteiger partial charge >= 0.3 is 10.8 Å². The molecule has 0 unspecified atom stereocenters. The van der Waals surface area contributed by atoms with Gasteiger partial charge in [0.25, 0.3) is 10.0 Å². The number of halogens is 1. The number of carboxylic acids is 1. The van der Waals surface area contributed by atoms with Crippen LogP contribution in [-0.4, -0.2) is 24.5 Å². The molecular formula is C11H9BrN2O5S2. The second-order valence-corrected chi connectivity index (χ2v) is 7.75. The van der Waals surface area contributed by atoms with Crippen LogP contribution in [0, 0.1) is 6.92 Å². The minimum Gasteiger partial charge on any atom is -0.478 e. The van der Waals surface area contributed by atoms with Crippen LogP contribution in [0.4, 0.5) is 5.69 Å². The van der Waals surface area contributed by atoms with Crippen molar-refractivity contribution in [3.8, 4) is 0 Å². The molecule has 0 aliphatic rings. The van der Waals surface area contributed by atoms with Crippen molar-refractivity contribution in [3.63, 3.8) is 0 Å². The highest BCUT2D eigenvalue weighted by atomic mass is 79.9. The fourth-order valence-electron chi connectivity index (χ4n) is 1.60. The lowest BCUT2D eigenvalue weighted by Gasteiger charge is -2.08. The number of aromatic carboxylic acids is 1. The van der Waals surface area contributed by atoms with Crippen LogP contribution in [0.25, 0.3) is 0 Å². The van der Waals surface area contributed by atoms with Gasteiger partial charge in [0.1, 0.15) is 0 Å². The second-order valence-electron chi connectivity index (χ2n) is 4.03. The number of aromatic nitrogens is 1. The third-order valence-electron chi connectivity index (χ3n) is 2.47. The van der Waals surface area contributed by atoms with E-state index in [4.69, 9.17) is 5.11 Å². The molecule has 0 amide bonds. The average Bonchev–Trinajstić information content (AvgIpc) is 2.71. The number of anilines is 1. The molecule has 0 saturated carbocycles. The molecule has 1 heterocycles. The molecule has 0 bridgehead atoms. The maximum atomic E-state index is 12.2. The number of aryl methyl sites for hydroxylation is 1. The van der Waals surface area contributed by atoms with Crippen LogP contribution in [0.2, 0.25) is 0 Å². The Morgan fingerprint density at radius 3 is 2.62 bits per heavy atom. The van der Waals surface area contributed by atoms with E-state index in [0.717, 1.165) is 0 Å². The second kappa shape index (κ2) is 5.62. The van der Waals surface area contributed by atoms with Crippen LogP contribution >= 0.6 is 27.3 Å². The molecule has 1 aromatic carbocycles. The van der Waals surface area contributed by atoms with Crippen molar-refractivity contribution in [1.29, 1.82) is 0 Å². The number of nitrogens with one attached hydrogen (secondary N) is 2. The van der Waals surface area contributed by atoms with Gasteiger partial charge in [-0.25, -0.2) is 13.2 Å². The molecule has 0 atom stereocenters. The highest BCUT2D eigenvalue weighted by Gasteiger charge is 2.21. The first-order chi connectivity index (χ1) is 9.70. The Hall–Kier alpha value is -1.65. The van der Waals surface area contributed by atoms with Crippen molar-refractivity contribution in [2.45, 2.75) is 11.1 Å². The quantitative estimate of drug-likeness (QED) is 0.735. The summed E-state index contributed by atoms with van der Waals surface area (Å²) in [6.07, 6.45) is 0. The van der Waals surface area contributed by atoms with Gasteiger partial charge < -0.3 is 10.1 Å². The lowest BCUT2D eigenvalue weighted by molar-refractivity contribution is 0.0696. The molecule has 2 rings (SSSR count). The molecule has 112 valence electrons. The number of benzene rings is 1. The van der Waals surface area contributed by atoms with Gasteiger partial charge in [0.2, 0.25) is 0 Å². The summed E-state index contributed by atoms with van der Waals surface area (Å²) in [6, 6.07) is 4.03. The number of hydrogen-bond acceptors (Lipinski definition) is 5. The number of H-pyrrole nitrogens is 1. The number of sulfonamides is 1. The summed E-state index contributed by atoms with van der Waals surface area (Å²) in [7, 11) is -3.95. The molecule has 7 nitrogen and oxygen atoms in total. The van der Waals surface area contributed by atoms with E-state index in [2.05, 4.69) is 25.6 Å². The first-order valence-corrected chi connectivity index (χ1v) is 8.55. The van der Waals surface area contributed by atoms with Crippen LogP contribution in [0.3, 0.4) is 0 Å². The zero-order chi connectivity index (χ0) is 15.8. The van der Waals surface area contributed by atoms with Crippen LogP contribution in [0.15, 0.2) is 31.7 Å². The van der Waals surface area contributed by atoms with Gasteiger partial charge in [0.05, 0.1) is 5.56 Å². The lowest BCUT2D eigenvalue weighted by Crippen LogP contribution is -2.13. The van der Waals surface area contributed by atoms with Crippen LogP contribution in [-0.2, 0) is 10.0 Å². The van der Waals surface area contributed by atoms with Crippen molar-refractivity contribution in [2.24, 2.45) is 0 Å². The monoisotopic (exact) mass is 392 g/mol. The van der Waals surface area contributed by atoms with Gasteiger partial charge in [0.15, 0.2) is 4.21 Å². The minimum atomic E-state index is -3.95. The summed E-state index contributed by atoms with van der Waals surface area (Å²) < 4.78 is 26.8. The minimum absolute atomic E-state index is 0.0748. The van der Waals surface area contributed by atoms with E-state index in [9.17, 15) is 18.0 Å². The van der Waals surface area contributed by atoms with Gasteiger partial charge in [-0.05, 0) is 41.1 Å². The van der Waals surface area contributed by atoms with Crippen molar-refractivity contribution in [1.82, 2.24) is 4.98 Å².